The number of amides is 1. The van der Waals surface area contributed by atoms with Crippen molar-refractivity contribution in [3.05, 3.63) is 30.1 Å². The average molecular weight is 280 g/mol. The molecule has 5 heteroatoms. The molecule has 4 nitrogen and oxygen atoms in total. The summed E-state index contributed by atoms with van der Waals surface area (Å²) in [4.78, 5) is 14.0. The van der Waals surface area contributed by atoms with Gasteiger partial charge in [-0.25, -0.2) is 9.18 Å². The third kappa shape index (κ3) is 3.70. The van der Waals surface area contributed by atoms with Crippen LogP contribution in [-0.2, 0) is 4.74 Å². The first-order chi connectivity index (χ1) is 9.37. The van der Waals surface area contributed by atoms with E-state index in [1.807, 2.05) is 20.8 Å². The Morgan fingerprint density at radius 2 is 2.00 bits per heavy atom. The fourth-order valence-electron chi connectivity index (χ4n) is 2.24. The van der Waals surface area contributed by atoms with Crippen molar-refractivity contribution in [3.8, 4) is 0 Å². The standard InChI is InChI=1S/C15H21FN2O2/c1-15(2,3)20-14(19)18(13-8-9-17-10-13)12-6-4-11(16)5-7-12/h4-7,13,17H,8-10H2,1-3H3. The highest BCUT2D eigenvalue weighted by Gasteiger charge is 2.31. The minimum atomic E-state index is -0.554. The van der Waals surface area contributed by atoms with Crippen LogP contribution in [-0.4, -0.2) is 30.8 Å². The third-order valence-electron chi connectivity index (χ3n) is 3.09. The summed E-state index contributed by atoms with van der Waals surface area (Å²) in [6.07, 6.45) is 0.467. The Morgan fingerprint density at radius 1 is 1.35 bits per heavy atom. The first-order valence-corrected chi connectivity index (χ1v) is 6.85. The summed E-state index contributed by atoms with van der Waals surface area (Å²) < 4.78 is 18.5. The van der Waals surface area contributed by atoms with Gasteiger partial charge in [-0.1, -0.05) is 0 Å². The van der Waals surface area contributed by atoms with Gasteiger partial charge in [-0.05, 0) is 58.0 Å². The molecule has 0 saturated carbocycles. The van der Waals surface area contributed by atoms with Gasteiger partial charge in [-0.2, -0.15) is 0 Å². The van der Waals surface area contributed by atoms with Crippen LogP contribution in [0.5, 0.6) is 0 Å². The van der Waals surface area contributed by atoms with Gasteiger partial charge in [0.25, 0.3) is 0 Å². The molecule has 20 heavy (non-hydrogen) atoms. The minimum absolute atomic E-state index is 0.0373. The van der Waals surface area contributed by atoms with E-state index in [9.17, 15) is 9.18 Å². The number of hydrogen-bond acceptors (Lipinski definition) is 3. The molecule has 1 N–H and O–H groups in total. The molecule has 1 aromatic carbocycles. The number of halogens is 1. The van der Waals surface area contributed by atoms with Crippen molar-refractivity contribution in [2.24, 2.45) is 0 Å². The Hall–Kier alpha value is -1.62. The normalized spacial score (nSPS) is 18.9. The predicted octanol–water partition coefficient (Wildman–Crippen LogP) is 2.93. The van der Waals surface area contributed by atoms with Gasteiger partial charge in [0.1, 0.15) is 11.4 Å². The molecule has 0 aliphatic carbocycles. The Balaban J connectivity index is 2.24. The summed E-state index contributed by atoms with van der Waals surface area (Å²) in [6, 6.07) is 5.97. The zero-order valence-electron chi connectivity index (χ0n) is 12.1. The molecule has 110 valence electrons. The largest absolute Gasteiger partial charge is 0.443 e. The van der Waals surface area contributed by atoms with Crippen molar-refractivity contribution in [1.82, 2.24) is 5.32 Å². The number of ether oxygens (including phenoxy) is 1. The van der Waals surface area contributed by atoms with Crippen LogP contribution < -0.4 is 10.2 Å². The molecule has 1 saturated heterocycles. The Labute approximate surface area is 118 Å². The number of rotatable bonds is 2. The SMILES string of the molecule is CC(C)(C)OC(=O)N(c1ccc(F)cc1)C1CCNC1. The molecule has 1 aliphatic rings. The molecule has 1 aromatic rings. The summed E-state index contributed by atoms with van der Waals surface area (Å²) in [5.74, 6) is -0.317. The van der Waals surface area contributed by atoms with Gasteiger partial charge in [0.05, 0.1) is 6.04 Å². The average Bonchev–Trinajstić information content (AvgIpc) is 2.83. The number of carbonyl (C=O) groups excluding carboxylic acids is 1. The molecule has 1 atom stereocenters. The quantitative estimate of drug-likeness (QED) is 0.905. The van der Waals surface area contributed by atoms with E-state index in [1.165, 1.54) is 12.1 Å². The van der Waals surface area contributed by atoms with Crippen molar-refractivity contribution < 1.29 is 13.9 Å². The van der Waals surface area contributed by atoms with Gasteiger partial charge in [0.2, 0.25) is 0 Å². The maximum absolute atomic E-state index is 13.1. The van der Waals surface area contributed by atoms with Crippen molar-refractivity contribution in [3.63, 3.8) is 0 Å². The van der Waals surface area contributed by atoms with E-state index in [0.717, 1.165) is 19.5 Å². The van der Waals surface area contributed by atoms with Crippen molar-refractivity contribution >= 4 is 11.8 Å². The van der Waals surface area contributed by atoms with E-state index in [4.69, 9.17) is 4.74 Å². The van der Waals surface area contributed by atoms with Gasteiger partial charge >= 0.3 is 6.09 Å². The van der Waals surface area contributed by atoms with E-state index in [0.29, 0.717) is 5.69 Å². The molecular formula is C15H21FN2O2. The van der Waals surface area contributed by atoms with E-state index in [2.05, 4.69) is 5.32 Å². The second-order valence-electron chi connectivity index (χ2n) is 5.97. The molecule has 1 unspecified atom stereocenters. The third-order valence-corrected chi connectivity index (χ3v) is 3.09. The molecule has 1 fully saturated rings. The number of nitrogens with zero attached hydrogens (tertiary/aromatic N) is 1. The molecule has 1 aliphatic heterocycles. The second kappa shape index (κ2) is 5.79. The second-order valence-corrected chi connectivity index (χ2v) is 5.97. The van der Waals surface area contributed by atoms with Crippen LogP contribution in [0.4, 0.5) is 14.9 Å². The topological polar surface area (TPSA) is 41.6 Å². The van der Waals surface area contributed by atoms with Crippen molar-refractivity contribution in [1.29, 1.82) is 0 Å². The van der Waals surface area contributed by atoms with Gasteiger partial charge in [0.15, 0.2) is 0 Å². The summed E-state index contributed by atoms with van der Waals surface area (Å²) in [7, 11) is 0. The lowest BCUT2D eigenvalue weighted by atomic mass is 10.2. The molecule has 2 rings (SSSR count). The molecule has 1 amide bonds. The summed E-state index contributed by atoms with van der Waals surface area (Å²) in [6.45, 7) is 7.09. The summed E-state index contributed by atoms with van der Waals surface area (Å²) >= 11 is 0. The smallest absolute Gasteiger partial charge is 0.415 e. The van der Waals surface area contributed by atoms with Crippen LogP contribution in [0.2, 0.25) is 0 Å². The number of hydrogen-bond donors (Lipinski definition) is 1. The Morgan fingerprint density at radius 3 is 2.50 bits per heavy atom. The highest BCUT2D eigenvalue weighted by atomic mass is 19.1. The zero-order chi connectivity index (χ0) is 14.8. The van der Waals surface area contributed by atoms with Gasteiger partial charge in [-0.3, -0.25) is 4.90 Å². The first kappa shape index (κ1) is 14.8. The van der Waals surface area contributed by atoms with Gasteiger partial charge in [0, 0.05) is 12.2 Å². The maximum atomic E-state index is 13.1. The minimum Gasteiger partial charge on any atom is -0.443 e. The predicted molar refractivity (Wildman–Crippen MR) is 76.4 cm³/mol. The molecule has 0 aromatic heterocycles. The van der Waals surface area contributed by atoms with Crippen LogP contribution in [0.1, 0.15) is 27.2 Å². The van der Waals surface area contributed by atoms with E-state index in [-0.39, 0.29) is 11.9 Å². The highest BCUT2D eigenvalue weighted by molar-refractivity contribution is 5.88. The molecule has 0 radical (unpaired) electrons. The lowest BCUT2D eigenvalue weighted by Gasteiger charge is -2.31. The lowest BCUT2D eigenvalue weighted by molar-refractivity contribution is 0.0568. The van der Waals surface area contributed by atoms with Crippen LogP contribution in [0, 0.1) is 5.82 Å². The van der Waals surface area contributed by atoms with E-state index >= 15 is 0 Å². The van der Waals surface area contributed by atoms with E-state index < -0.39 is 11.7 Å². The summed E-state index contributed by atoms with van der Waals surface area (Å²) in [5.41, 5.74) is 0.107. The molecule has 0 bridgehead atoms. The van der Waals surface area contributed by atoms with Crippen LogP contribution >= 0.6 is 0 Å². The number of anilines is 1. The number of nitrogens with one attached hydrogen (secondary N) is 1. The highest BCUT2D eigenvalue weighted by Crippen LogP contribution is 2.23. The molecule has 1 heterocycles. The van der Waals surface area contributed by atoms with Gasteiger partial charge in [-0.15, -0.1) is 0 Å². The fourth-order valence-corrected chi connectivity index (χ4v) is 2.24. The van der Waals surface area contributed by atoms with Crippen molar-refractivity contribution in [2.45, 2.75) is 38.8 Å². The number of carbonyl (C=O) groups is 1. The van der Waals surface area contributed by atoms with Crippen LogP contribution in [0.15, 0.2) is 24.3 Å². The molecular weight excluding hydrogens is 259 g/mol. The maximum Gasteiger partial charge on any atom is 0.415 e. The van der Waals surface area contributed by atoms with Crippen LogP contribution in [0.25, 0.3) is 0 Å². The summed E-state index contributed by atoms with van der Waals surface area (Å²) in [5, 5.41) is 3.23. The van der Waals surface area contributed by atoms with E-state index in [1.54, 1.807) is 17.0 Å². The van der Waals surface area contributed by atoms with Crippen molar-refractivity contribution in [2.75, 3.05) is 18.0 Å². The Bertz CT molecular complexity index is 462. The molecule has 0 spiro atoms. The monoisotopic (exact) mass is 280 g/mol. The first-order valence-electron chi connectivity index (χ1n) is 6.85. The lowest BCUT2D eigenvalue weighted by Crippen LogP contribution is -2.44. The Kier molecular flexibility index (Phi) is 4.28. The van der Waals surface area contributed by atoms with Gasteiger partial charge < -0.3 is 10.1 Å². The zero-order valence-corrected chi connectivity index (χ0v) is 12.1. The number of benzene rings is 1. The fraction of sp³-hybridized carbons (Fsp3) is 0.533. The van der Waals surface area contributed by atoms with Crippen LogP contribution in [0.3, 0.4) is 0 Å².